The Balaban J connectivity index is 1.43. The van der Waals surface area contributed by atoms with Crippen molar-refractivity contribution in [1.29, 1.82) is 0 Å². The SMILES string of the molecule is Cc1cc2c3c(c1)B(c1c(C)cccc1C)c1c4cccc5c6cccc7oc8c(c76)n(c45)c1n-3c1c(c3ccccc3n81)B2c1c(C)cccc1C. The molecule has 248 valence electrons. The number of benzene rings is 6. The molecule has 53 heavy (non-hydrogen) atoms. The quantitative estimate of drug-likeness (QED) is 0.143. The van der Waals surface area contributed by atoms with Gasteiger partial charge in [0.1, 0.15) is 22.4 Å². The Bertz CT molecular complexity index is 3440. The highest BCUT2D eigenvalue weighted by Crippen LogP contribution is 2.44. The van der Waals surface area contributed by atoms with Crippen molar-refractivity contribution in [2.24, 2.45) is 0 Å². The van der Waals surface area contributed by atoms with Crippen LogP contribution in [-0.2, 0) is 0 Å². The van der Waals surface area contributed by atoms with Gasteiger partial charge in [0.05, 0.1) is 16.4 Å². The van der Waals surface area contributed by atoms with Gasteiger partial charge in [-0.2, -0.15) is 0 Å². The highest BCUT2D eigenvalue weighted by atomic mass is 16.3. The molecular weight excluding hydrogens is 644 g/mol. The average molecular weight is 677 g/mol. The summed E-state index contributed by atoms with van der Waals surface area (Å²) in [6, 6.07) is 41.2. The molecule has 13 rings (SSSR count). The van der Waals surface area contributed by atoms with Crippen LogP contribution < -0.4 is 32.8 Å². The number of hydrogen-bond donors (Lipinski definition) is 0. The smallest absolute Gasteiger partial charge is 0.250 e. The highest BCUT2D eigenvalue weighted by molar-refractivity contribution is 7.03. The Morgan fingerprint density at radius 3 is 1.74 bits per heavy atom. The van der Waals surface area contributed by atoms with Crippen molar-refractivity contribution in [2.45, 2.75) is 34.6 Å². The van der Waals surface area contributed by atoms with Crippen LogP contribution in [-0.4, -0.2) is 26.8 Å². The molecule has 0 atom stereocenters. The first kappa shape index (κ1) is 28.5. The van der Waals surface area contributed by atoms with Crippen molar-refractivity contribution in [1.82, 2.24) is 13.4 Å². The van der Waals surface area contributed by atoms with E-state index in [0.717, 1.165) is 16.8 Å². The fourth-order valence-electron chi connectivity index (χ4n) is 11.3. The molecule has 11 aromatic rings. The van der Waals surface area contributed by atoms with Crippen LogP contribution >= 0.6 is 0 Å². The van der Waals surface area contributed by atoms with Crippen molar-refractivity contribution in [3.05, 3.63) is 137 Å². The standard InChI is InChI=1S/C47H33B2N3O/c1-24-22-33-43-34(23-24)49(39-27(4)14-9-15-28(39)5)41-32-19-10-18-30-29-17-11-21-36-37(29)44-47(53-36)50-35-20-7-6-16-31(35)40(45(50)52(43)46(41)51(44)42(30)32)48(33)38-25(2)12-8-13-26(38)3/h6-23H,1-5H3. The van der Waals surface area contributed by atoms with E-state index < -0.39 is 0 Å². The van der Waals surface area contributed by atoms with E-state index in [2.05, 4.69) is 157 Å². The number of furan rings is 1. The molecule has 0 unspecified atom stereocenters. The molecule has 2 aliphatic rings. The number of aryl methyl sites for hydroxylation is 5. The van der Waals surface area contributed by atoms with E-state index in [-0.39, 0.29) is 13.4 Å². The molecule has 2 aliphatic heterocycles. The van der Waals surface area contributed by atoms with E-state index in [1.165, 1.54) is 116 Å². The lowest BCUT2D eigenvalue weighted by atomic mass is 9.30. The maximum absolute atomic E-state index is 7.20. The summed E-state index contributed by atoms with van der Waals surface area (Å²) in [7, 11) is 0. The summed E-state index contributed by atoms with van der Waals surface area (Å²) in [5, 5.41) is 6.29. The maximum atomic E-state index is 7.20. The Morgan fingerprint density at radius 2 is 1.04 bits per heavy atom. The Morgan fingerprint density at radius 1 is 0.491 bits per heavy atom. The van der Waals surface area contributed by atoms with Gasteiger partial charge in [0.15, 0.2) is 0 Å². The second kappa shape index (κ2) is 9.26. The number of rotatable bonds is 2. The lowest BCUT2D eigenvalue weighted by molar-refractivity contribution is 0.649. The van der Waals surface area contributed by atoms with Crippen LogP contribution in [0.5, 0.6) is 0 Å². The maximum Gasteiger partial charge on any atom is 0.250 e. The van der Waals surface area contributed by atoms with Gasteiger partial charge in [-0.3, -0.25) is 13.4 Å². The summed E-state index contributed by atoms with van der Waals surface area (Å²) in [5.74, 6) is 0. The summed E-state index contributed by atoms with van der Waals surface area (Å²) in [5.41, 5.74) is 24.1. The summed E-state index contributed by atoms with van der Waals surface area (Å²) < 4.78 is 14.9. The second-order valence-electron chi connectivity index (χ2n) is 15.9. The van der Waals surface area contributed by atoms with Gasteiger partial charge in [-0.25, -0.2) is 0 Å². The minimum Gasteiger partial charge on any atom is -0.437 e. The molecule has 0 amide bonds. The monoisotopic (exact) mass is 677 g/mol. The van der Waals surface area contributed by atoms with Crippen molar-refractivity contribution < 1.29 is 4.42 Å². The van der Waals surface area contributed by atoms with Crippen LogP contribution in [0.4, 0.5) is 0 Å². The lowest BCUT2D eigenvalue weighted by Gasteiger charge is -2.35. The topological polar surface area (TPSA) is 26.9 Å². The molecule has 0 N–H and O–H groups in total. The van der Waals surface area contributed by atoms with Crippen LogP contribution in [0.3, 0.4) is 0 Å². The van der Waals surface area contributed by atoms with Crippen molar-refractivity contribution in [3.8, 4) is 5.69 Å². The molecular formula is C47H33B2N3O. The summed E-state index contributed by atoms with van der Waals surface area (Å²) in [6.45, 7) is 11.6. The van der Waals surface area contributed by atoms with E-state index >= 15 is 0 Å². The number of para-hydroxylation sites is 2. The van der Waals surface area contributed by atoms with Crippen LogP contribution in [0.25, 0.3) is 71.8 Å². The lowest BCUT2D eigenvalue weighted by Crippen LogP contribution is -2.64. The zero-order chi connectivity index (χ0) is 35.2. The Hall–Kier alpha value is -6.13. The van der Waals surface area contributed by atoms with Gasteiger partial charge >= 0.3 is 0 Å². The van der Waals surface area contributed by atoms with Gasteiger partial charge in [0.25, 0.3) is 0 Å². The zero-order valence-electron chi connectivity index (χ0n) is 30.3. The second-order valence-corrected chi connectivity index (χ2v) is 15.9. The van der Waals surface area contributed by atoms with Gasteiger partial charge in [-0.15, -0.1) is 0 Å². The predicted molar refractivity (Wildman–Crippen MR) is 225 cm³/mol. The molecule has 0 bridgehead atoms. The largest absolute Gasteiger partial charge is 0.437 e. The number of aromatic nitrogens is 3. The first-order valence-corrected chi connectivity index (χ1v) is 18.9. The van der Waals surface area contributed by atoms with Gasteiger partial charge in [0, 0.05) is 11.1 Å². The van der Waals surface area contributed by atoms with Crippen molar-refractivity contribution in [3.63, 3.8) is 0 Å². The number of fused-ring (bicyclic) bond motifs is 6. The predicted octanol–water partition coefficient (Wildman–Crippen LogP) is 6.98. The molecule has 6 heteroatoms. The third-order valence-corrected chi connectivity index (χ3v) is 13.1. The van der Waals surface area contributed by atoms with E-state index in [1.807, 2.05) is 0 Å². The summed E-state index contributed by atoms with van der Waals surface area (Å²) >= 11 is 0. The Kier molecular flexibility index (Phi) is 4.97. The summed E-state index contributed by atoms with van der Waals surface area (Å²) in [4.78, 5) is 0. The van der Waals surface area contributed by atoms with E-state index in [9.17, 15) is 0 Å². The minimum atomic E-state index is 0.0300. The third-order valence-electron chi connectivity index (χ3n) is 13.1. The van der Waals surface area contributed by atoms with Crippen LogP contribution in [0.15, 0.2) is 114 Å². The first-order chi connectivity index (χ1) is 25.9. The molecule has 0 radical (unpaired) electrons. The molecule has 0 aliphatic carbocycles. The van der Waals surface area contributed by atoms with Crippen molar-refractivity contribution in [2.75, 3.05) is 0 Å². The number of pyridine rings is 1. The van der Waals surface area contributed by atoms with Gasteiger partial charge in [-0.1, -0.05) is 136 Å². The number of nitrogens with zero attached hydrogens (tertiary/aromatic N) is 3. The zero-order valence-corrected chi connectivity index (χ0v) is 30.3. The minimum absolute atomic E-state index is 0.0300. The molecule has 0 spiro atoms. The van der Waals surface area contributed by atoms with Crippen molar-refractivity contribution >= 4 is 112 Å². The first-order valence-electron chi connectivity index (χ1n) is 18.9. The van der Waals surface area contributed by atoms with Gasteiger partial charge in [-0.05, 0) is 84.8 Å². The molecule has 6 aromatic carbocycles. The average Bonchev–Trinajstić information content (AvgIpc) is 3.78. The molecule has 0 saturated carbocycles. The van der Waals surface area contributed by atoms with Crippen LogP contribution in [0.2, 0.25) is 0 Å². The molecule has 5 aromatic heterocycles. The molecule has 4 nitrogen and oxygen atoms in total. The summed E-state index contributed by atoms with van der Waals surface area (Å²) in [6.07, 6.45) is 0. The van der Waals surface area contributed by atoms with E-state index in [0.29, 0.717) is 0 Å². The molecule has 7 heterocycles. The normalized spacial score (nSPS) is 13.7. The van der Waals surface area contributed by atoms with E-state index in [1.54, 1.807) is 0 Å². The Labute approximate surface area is 306 Å². The van der Waals surface area contributed by atoms with Gasteiger partial charge < -0.3 is 4.42 Å². The fourth-order valence-corrected chi connectivity index (χ4v) is 11.3. The molecule has 0 fully saturated rings. The van der Waals surface area contributed by atoms with Crippen LogP contribution in [0.1, 0.15) is 27.8 Å². The third kappa shape index (κ3) is 3.10. The van der Waals surface area contributed by atoms with Crippen LogP contribution in [0, 0.1) is 34.6 Å². The number of hydrogen-bond acceptors (Lipinski definition) is 1. The molecule has 0 saturated heterocycles. The van der Waals surface area contributed by atoms with Gasteiger partial charge in [0.2, 0.25) is 19.1 Å². The van der Waals surface area contributed by atoms with E-state index in [4.69, 9.17) is 4.42 Å². The highest BCUT2D eigenvalue weighted by Gasteiger charge is 2.46. The fraction of sp³-hybridized carbons (Fsp3) is 0.106.